The lowest BCUT2D eigenvalue weighted by atomic mass is 9.83. The van der Waals surface area contributed by atoms with Gasteiger partial charge in [-0.05, 0) is 46.2 Å². The Balaban J connectivity index is 2.74. The van der Waals surface area contributed by atoms with Crippen LogP contribution in [-0.2, 0) is 10.8 Å². The molecule has 0 aliphatic carbocycles. The fourth-order valence-corrected chi connectivity index (χ4v) is 3.00. The van der Waals surface area contributed by atoms with Gasteiger partial charge in [0, 0.05) is 11.1 Å². The van der Waals surface area contributed by atoms with Crippen LogP contribution in [0.1, 0.15) is 63.8 Å². The minimum Gasteiger partial charge on any atom is -0.496 e. The molecule has 0 aliphatic rings. The second-order valence-electron chi connectivity index (χ2n) is 8.81. The van der Waals surface area contributed by atoms with Gasteiger partial charge in [0.05, 0.1) is 14.2 Å². The van der Waals surface area contributed by atoms with Crippen molar-refractivity contribution >= 4 is 5.71 Å². The molecular formula is C23H32N2O2. The fraction of sp³-hybridized carbons (Fsp3) is 0.435. The van der Waals surface area contributed by atoms with Crippen LogP contribution < -0.4 is 15.3 Å². The Labute approximate surface area is 163 Å². The van der Waals surface area contributed by atoms with Crippen molar-refractivity contribution in [3.05, 3.63) is 58.7 Å². The van der Waals surface area contributed by atoms with Crippen molar-refractivity contribution in [2.45, 2.75) is 52.4 Å². The number of hydrogen-bond donors (Lipinski definition) is 1. The Kier molecular flexibility index (Phi) is 5.88. The third-order valence-electron chi connectivity index (χ3n) is 4.77. The topological polar surface area (TPSA) is 56.8 Å². The molecule has 0 amide bonds. The number of ether oxygens (including phenoxy) is 2. The Morgan fingerprint density at radius 1 is 0.741 bits per heavy atom. The van der Waals surface area contributed by atoms with Gasteiger partial charge in [-0.2, -0.15) is 5.10 Å². The van der Waals surface area contributed by atoms with Crippen LogP contribution in [0, 0.1) is 0 Å². The lowest BCUT2D eigenvalue weighted by Crippen LogP contribution is -2.17. The zero-order valence-corrected chi connectivity index (χ0v) is 17.8. The lowest BCUT2D eigenvalue weighted by Gasteiger charge is -2.23. The van der Waals surface area contributed by atoms with Crippen LogP contribution in [0.4, 0.5) is 0 Å². The largest absolute Gasteiger partial charge is 0.496 e. The van der Waals surface area contributed by atoms with Gasteiger partial charge in [-0.25, -0.2) is 0 Å². The zero-order chi connectivity index (χ0) is 20.4. The van der Waals surface area contributed by atoms with Gasteiger partial charge in [-0.15, -0.1) is 0 Å². The predicted octanol–water partition coefficient (Wildman–Crippen LogP) is 5.01. The van der Waals surface area contributed by atoms with E-state index in [9.17, 15) is 0 Å². The SMILES string of the molecule is COc1ccc(C(C)(C)C)cc1C(=NN)c1cc(C(C)(C)C)ccc1OC. The predicted molar refractivity (Wildman–Crippen MR) is 113 cm³/mol. The lowest BCUT2D eigenvalue weighted by molar-refractivity contribution is 0.411. The molecule has 0 saturated carbocycles. The number of benzene rings is 2. The molecule has 0 heterocycles. The second kappa shape index (κ2) is 7.63. The van der Waals surface area contributed by atoms with Crippen LogP contribution >= 0.6 is 0 Å². The Bertz CT molecular complexity index is 773. The smallest absolute Gasteiger partial charge is 0.128 e. The second-order valence-corrected chi connectivity index (χ2v) is 8.81. The Hall–Kier alpha value is -2.49. The molecule has 0 spiro atoms. The first kappa shape index (κ1) is 20.8. The van der Waals surface area contributed by atoms with Gasteiger partial charge < -0.3 is 15.3 Å². The molecule has 0 atom stereocenters. The van der Waals surface area contributed by atoms with Crippen molar-refractivity contribution in [3.63, 3.8) is 0 Å². The molecule has 2 aromatic carbocycles. The number of nitrogens with two attached hydrogens (primary N) is 1. The first-order valence-electron chi connectivity index (χ1n) is 9.18. The maximum Gasteiger partial charge on any atom is 0.128 e. The van der Waals surface area contributed by atoms with Gasteiger partial charge in [0.15, 0.2) is 0 Å². The molecule has 0 fully saturated rings. The summed E-state index contributed by atoms with van der Waals surface area (Å²) < 4.78 is 11.2. The van der Waals surface area contributed by atoms with Crippen molar-refractivity contribution in [1.29, 1.82) is 0 Å². The van der Waals surface area contributed by atoms with Crippen LogP contribution in [-0.4, -0.2) is 19.9 Å². The summed E-state index contributed by atoms with van der Waals surface area (Å²) in [7, 11) is 3.32. The van der Waals surface area contributed by atoms with E-state index in [2.05, 4.69) is 70.9 Å². The minimum absolute atomic E-state index is 0.00191. The van der Waals surface area contributed by atoms with E-state index in [1.165, 1.54) is 11.1 Å². The fourth-order valence-electron chi connectivity index (χ4n) is 3.00. The third-order valence-corrected chi connectivity index (χ3v) is 4.77. The quantitative estimate of drug-likeness (QED) is 0.469. The van der Waals surface area contributed by atoms with Crippen molar-refractivity contribution in [2.24, 2.45) is 10.9 Å². The highest BCUT2D eigenvalue weighted by Gasteiger charge is 2.23. The molecule has 0 bridgehead atoms. The van der Waals surface area contributed by atoms with Crippen LogP contribution in [0.2, 0.25) is 0 Å². The summed E-state index contributed by atoms with van der Waals surface area (Å²) >= 11 is 0. The van der Waals surface area contributed by atoms with E-state index in [0.717, 1.165) is 22.6 Å². The first-order chi connectivity index (χ1) is 12.5. The van der Waals surface area contributed by atoms with Gasteiger partial charge in [-0.1, -0.05) is 53.7 Å². The van der Waals surface area contributed by atoms with Gasteiger partial charge >= 0.3 is 0 Å². The monoisotopic (exact) mass is 368 g/mol. The third kappa shape index (κ3) is 4.44. The molecule has 27 heavy (non-hydrogen) atoms. The first-order valence-corrected chi connectivity index (χ1v) is 9.18. The molecular weight excluding hydrogens is 336 g/mol. The average molecular weight is 369 g/mol. The van der Waals surface area contributed by atoms with Crippen molar-refractivity contribution in [1.82, 2.24) is 0 Å². The number of hydrogen-bond acceptors (Lipinski definition) is 4. The summed E-state index contributed by atoms with van der Waals surface area (Å²) in [6.07, 6.45) is 0. The van der Waals surface area contributed by atoms with E-state index >= 15 is 0 Å². The molecule has 2 N–H and O–H groups in total. The van der Waals surface area contributed by atoms with Crippen LogP contribution in [0.5, 0.6) is 11.5 Å². The summed E-state index contributed by atoms with van der Waals surface area (Å²) in [6.45, 7) is 13.1. The van der Waals surface area contributed by atoms with Crippen molar-refractivity contribution in [3.8, 4) is 11.5 Å². The highest BCUT2D eigenvalue weighted by Crippen LogP contribution is 2.34. The van der Waals surface area contributed by atoms with Crippen molar-refractivity contribution < 1.29 is 9.47 Å². The number of rotatable bonds is 4. The van der Waals surface area contributed by atoms with Gasteiger partial charge in [-0.3, -0.25) is 0 Å². The van der Waals surface area contributed by atoms with E-state index in [1.807, 2.05) is 12.1 Å². The van der Waals surface area contributed by atoms with Crippen molar-refractivity contribution in [2.75, 3.05) is 14.2 Å². The minimum atomic E-state index is -0.00191. The molecule has 2 aromatic rings. The number of nitrogens with zero attached hydrogens (tertiary/aromatic N) is 1. The molecule has 146 valence electrons. The maximum atomic E-state index is 5.88. The summed E-state index contributed by atoms with van der Waals surface area (Å²) in [5.74, 6) is 7.34. The van der Waals surface area contributed by atoms with E-state index in [4.69, 9.17) is 15.3 Å². The number of methoxy groups -OCH3 is 2. The molecule has 4 nitrogen and oxygen atoms in total. The highest BCUT2D eigenvalue weighted by atomic mass is 16.5. The standard InChI is InChI=1S/C23H32N2O2/c1-22(2,3)15-9-11-19(26-7)17(13-15)21(25-24)18-14-16(23(4,5)6)10-12-20(18)27-8/h9-14H,24H2,1-8H3. The Morgan fingerprint density at radius 2 is 1.11 bits per heavy atom. The van der Waals surface area contributed by atoms with Crippen LogP contribution in [0.15, 0.2) is 41.5 Å². The van der Waals surface area contributed by atoms with E-state index in [-0.39, 0.29) is 10.8 Å². The van der Waals surface area contributed by atoms with E-state index in [0.29, 0.717) is 5.71 Å². The van der Waals surface area contributed by atoms with E-state index < -0.39 is 0 Å². The van der Waals surface area contributed by atoms with Crippen LogP contribution in [0.3, 0.4) is 0 Å². The summed E-state index contributed by atoms with van der Waals surface area (Å²) in [6, 6.07) is 12.3. The normalized spacial score (nSPS) is 11.9. The molecule has 0 unspecified atom stereocenters. The number of hydrazone groups is 1. The molecule has 0 radical (unpaired) electrons. The molecule has 4 heteroatoms. The molecule has 0 saturated heterocycles. The molecule has 2 rings (SSSR count). The Morgan fingerprint density at radius 3 is 1.37 bits per heavy atom. The van der Waals surface area contributed by atoms with E-state index in [1.54, 1.807) is 14.2 Å². The molecule has 0 aromatic heterocycles. The molecule has 0 aliphatic heterocycles. The van der Waals surface area contributed by atoms with Crippen LogP contribution in [0.25, 0.3) is 0 Å². The zero-order valence-electron chi connectivity index (χ0n) is 17.8. The van der Waals surface area contributed by atoms with Gasteiger partial charge in [0.1, 0.15) is 17.2 Å². The summed E-state index contributed by atoms with van der Waals surface area (Å²) in [5.41, 5.74) is 4.74. The maximum absolute atomic E-state index is 5.88. The highest BCUT2D eigenvalue weighted by molar-refractivity contribution is 6.16. The average Bonchev–Trinajstić information content (AvgIpc) is 2.60. The van der Waals surface area contributed by atoms with Gasteiger partial charge in [0.2, 0.25) is 0 Å². The summed E-state index contributed by atoms with van der Waals surface area (Å²) in [4.78, 5) is 0. The summed E-state index contributed by atoms with van der Waals surface area (Å²) in [5, 5.41) is 4.15. The van der Waals surface area contributed by atoms with Gasteiger partial charge in [0.25, 0.3) is 0 Å².